The van der Waals surface area contributed by atoms with E-state index >= 15 is 0 Å². The molecule has 10 heteroatoms. The van der Waals surface area contributed by atoms with Gasteiger partial charge in [0.1, 0.15) is 17.5 Å². The summed E-state index contributed by atoms with van der Waals surface area (Å²) in [5.41, 5.74) is 10.0. The number of nitrogens with one attached hydrogen (secondary N) is 1. The van der Waals surface area contributed by atoms with Gasteiger partial charge in [-0.05, 0) is 96.4 Å². The first-order valence-corrected chi connectivity index (χ1v) is 19.1. The number of nitrogens with zero attached hydrogens (tertiary/aromatic N) is 6. The van der Waals surface area contributed by atoms with E-state index in [4.69, 9.17) is 4.98 Å². The molecule has 0 radical (unpaired) electrons. The summed E-state index contributed by atoms with van der Waals surface area (Å²) < 4.78 is 5.40. The summed E-state index contributed by atoms with van der Waals surface area (Å²) in [6.45, 7) is 6.46. The smallest absolute Gasteiger partial charge is 0.265 e. The lowest BCUT2D eigenvalue weighted by atomic mass is 9.91. The van der Waals surface area contributed by atoms with E-state index in [0.717, 1.165) is 57.4 Å². The fourth-order valence-electron chi connectivity index (χ4n) is 8.54. The molecule has 0 bridgehead atoms. The fourth-order valence-corrected chi connectivity index (χ4v) is 8.54. The lowest BCUT2D eigenvalue weighted by Crippen LogP contribution is -2.31. The number of aromatic nitrogens is 4. The monoisotopic (exact) mass is 751 g/mol. The second kappa shape index (κ2) is 14.0. The van der Waals surface area contributed by atoms with Gasteiger partial charge in [0.15, 0.2) is 0 Å². The summed E-state index contributed by atoms with van der Waals surface area (Å²) in [7, 11) is 3.73. The molecule has 9 rings (SSSR count). The van der Waals surface area contributed by atoms with Gasteiger partial charge in [-0.2, -0.15) is 5.26 Å². The molecule has 1 aliphatic rings. The van der Waals surface area contributed by atoms with Gasteiger partial charge in [-0.1, -0.05) is 48.5 Å². The first-order valence-electron chi connectivity index (χ1n) is 19.1. The SMILES string of the molecule is Cc1ccccc1CNC(=O)c1cc2c(cc1-c1cc3c(=O)n(-c4ccc(O)cc4)c4c(C)n(C)c(C#N)c4c3n1C)CCN(Cc1cc3ccccc3cn1)C2. The minimum Gasteiger partial charge on any atom is -0.508 e. The Morgan fingerprint density at radius 2 is 1.65 bits per heavy atom. The molecule has 0 saturated carbocycles. The zero-order valence-corrected chi connectivity index (χ0v) is 32.3. The van der Waals surface area contributed by atoms with Crippen molar-refractivity contribution in [3.63, 3.8) is 0 Å². The third-order valence-corrected chi connectivity index (χ3v) is 11.7. The number of aromatic hydroxyl groups is 1. The molecule has 5 heterocycles. The van der Waals surface area contributed by atoms with Crippen molar-refractivity contribution in [1.82, 2.24) is 28.9 Å². The molecule has 1 aliphatic heterocycles. The van der Waals surface area contributed by atoms with Crippen LogP contribution in [0, 0.1) is 25.2 Å². The standard InChI is InChI=1S/C47H41N7O3/c1-28-9-5-6-11-32(28)24-50-46(56)39-21-34-26-53(27-35-19-30-10-7-8-12-33(30)25-49-35)18-17-31(34)20-38(39)41-22-40-45(52(41)4)43-42(23-48)51(3)29(2)44(43)54(47(40)57)36-13-15-37(55)16-14-36/h5-16,19-22,25,55H,17-18,24,26-27H2,1-4H3,(H,50,56). The Hall–Kier alpha value is -6.96. The van der Waals surface area contributed by atoms with Crippen LogP contribution in [0.5, 0.6) is 5.75 Å². The van der Waals surface area contributed by atoms with Crippen LogP contribution in [0.3, 0.4) is 0 Å². The van der Waals surface area contributed by atoms with Crippen LogP contribution in [-0.4, -0.2) is 41.1 Å². The van der Waals surface area contributed by atoms with Crippen LogP contribution in [0.15, 0.2) is 108 Å². The van der Waals surface area contributed by atoms with Gasteiger partial charge in [0.2, 0.25) is 0 Å². The molecule has 0 atom stereocenters. The van der Waals surface area contributed by atoms with Gasteiger partial charge in [0, 0.05) is 80.1 Å². The van der Waals surface area contributed by atoms with Crippen LogP contribution >= 0.6 is 0 Å². The van der Waals surface area contributed by atoms with E-state index in [-0.39, 0.29) is 17.2 Å². The largest absolute Gasteiger partial charge is 0.508 e. The Kier molecular flexibility index (Phi) is 8.75. The van der Waals surface area contributed by atoms with E-state index in [0.29, 0.717) is 69.6 Å². The molecular formula is C47H41N7O3. The Balaban J connectivity index is 1.19. The minimum atomic E-state index is -0.260. The molecular weight excluding hydrogens is 711 g/mol. The molecule has 4 aromatic heterocycles. The first kappa shape index (κ1) is 35.7. The second-order valence-corrected chi connectivity index (χ2v) is 15.1. The van der Waals surface area contributed by atoms with E-state index in [2.05, 4.69) is 40.6 Å². The lowest BCUT2D eigenvalue weighted by Gasteiger charge is -2.29. The third kappa shape index (κ3) is 6.04. The number of phenolic OH excluding ortho intramolecular Hbond substituents is 1. The molecule has 10 nitrogen and oxygen atoms in total. The van der Waals surface area contributed by atoms with Crippen LogP contribution in [0.1, 0.15) is 49.7 Å². The predicted octanol–water partition coefficient (Wildman–Crippen LogP) is 7.72. The van der Waals surface area contributed by atoms with Crippen molar-refractivity contribution in [1.29, 1.82) is 5.26 Å². The van der Waals surface area contributed by atoms with Crippen molar-refractivity contribution >= 4 is 38.5 Å². The molecule has 0 unspecified atom stereocenters. The van der Waals surface area contributed by atoms with E-state index in [9.17, 15) is 20.0 Å². The Morgan fingerprint density at radius 1 is 0.895 bits per heavy atom. The Labute approximate surface area is 329 Å². The summed E-state index contributed by atoms with van der Waals surface area (Å²) in [4.78, 5) is 36.3. The normalized spacial score (nSPS) is 13.0. The molecule has 0 spiro atoms. The average molecular weight is 752 g/mol. The number of carbonyl (C=O) groups is 1. The topological polar surface area (TPSA) is 121 Å². The molecule has 8 aromatic rings. The van der Waals surface area contributed by atoms with Crippen LogP contribution in [0.2, 0.25) is 0 Å². The molecule has 2 N–H and O–H groups in total. The Bertz CT molecular complexity index is 3040. The number of carbonyl (C=O) groups excluding carboxylic acids is 1. The molecule has 282 valence electrons. The summed E-state index contributed by atoms with van der Waals surface area (Å²) in [6, 6.07) is 33.3. The highest BCUT2D eigenvalue weighted by molar-refractivity contribution is 6.11. The van der Waals surface area contributed by atoms with E-state index < -0.39 is 0 Å². The number of aryl methyl sites for hydroxylation is 3. The molecule has 0 fully saturated rings. The molecule has 0 aliphatic carbocycles. The highest BCUT2D eigenvalue weighted by atomic mass is 16.3. The maximum absolute atomic E-state index is 14.7. The van der Waals surface area contributed by atoms with E-state index in [1.807, 2.05) is 91.8 Å². The number of fused-ring (bicyclic) bond motifs is 5. The number of hydrogen-bond acceptors (Lipinski definition) is 6. The molecule has 4 aromatic carbocycles. The number of amides is 1. The number of nitriles is 1. The van der Waals surface area contributed by atoms with Gasteiger partial charge in [-0.15, -0.1) is 0 Å². The zero-order chi connectivity index (χ0) is 39.5. The second-order valence-electron chi connectivity index (χ2n) is 15.1. The van der Waals surface area contributed by atoms with Crippen molar-refractivity contribution in [3.8, 4) is 28.8 Å². The predicted molar refractivity (Wildman–Crippen MR) is 223 cm³/mol. The summed E-state index contributed by atoms with van der Waals surface area (Å²) in [6.07, 6.45) is 2.71. The minimum absolute atomic E-state index is 0.0859. The van der Waals surface area contributed by atoms with Crippen molar-refractivity contribution < 1.29 is 9.90 Å². The van der Waals surface area contributed by atoms with Gasteiger partial charge in [0.25, 0.3) is 11.5 Å². The zero-order valence-electron chi connectivity index (χ0n) is 32.3. The number of pyridine rings is 2. The Morgan fingerprint density at radius 3 is 2.42 bits per heavy atom. The van der Waals surface area contributed by atoms with Crippen LogP contribution in [0.4, 0.5) is 0 Å². The number of phenols is 1. The van der Waals surface area contributed by atoms with Crippen molar-refractivity contribution in [2.45, 2.75) is 39.9 Å². The summed E-state index contributed by atoms with van der Waals surface area (Å²) >= 11 is 0. The van der Waals surface area contributed by atoms with Crippen LogP contribution < -0.4 is 10.9 Å². The highest BCUT2D eigenvalue weighted by Crippen LogP contribution is 2.38. The van der Waals surface area contributed by atoms with E-state index in [1.54, 1.807) is 28.8 Å². The maximum Gasteiger partial charge on any atom is 0.265 e. The first-order chi connectivity index (χ1) is 27.6. The maximum atomic E-state index is 14.7. The van der Waals surface area contributed by atoms with Crippen LogP contribution in [0.25, 0.3) is 49.5 Å². The highest BCUT2D eigenvalue weighted by Gasteiger charge is 2.28. The van der Waals surface area contributed by atoms with Crippen molar-refractivity contribution in [3.05, 3.63) is 159 Å². The average Bonchev–Trinajstić information content (AvgIpc) is 3.69. The third-order valence-electron chi connectivity index (χ3n) is 11.7. The van der Waals surface area contributed by atoms with Crippen molar-refractivity contribution in [2.24, 2.45) is 14.1 Å². The quantitative estimate of drug-likeness (QED) is 0.172. The van der Waals surface area contributed by atoms with Gasteiger partial charge in [-0.25, -0.2) is 0 Å². The number of benzene rings is 4. The summed E-state index contributed by atoms with van der Waals surface area (Å²) in [5, 5.41) is 27.1. The van der Waals surface area contributed by atoms with Gasteiger partial charge < -0.3 is 19.6 Å². The molecule has 57 heavy (non-hydrogen) atoms. The number of hydrogen-bond donors (Lipinski definition) is 2. The van der Waals surface area contributed by atoms with Crippen LogP contribution in [-0.2, 0) is 40.2 Å². The molecule has 0 saturated heterocycles. The fraction of sp³-hybridized carbons (Fsp3) is 0.191. The lowest BCUT2D eigenvalue weighted by molar-refractivity contribution is 0.0951. The van der Waals surface area contributed by atoms with E-state index in [1.165, 1.54) is 0 Å². The summed E-state index contributed by atoms with van der Waals surface area (Å²) in [5.74, 6) is -0.128. The van der Waals surface area contributed by atoms with Gasteiger partial charge in [0.05, 0.1) is 27.5 Å². The van der Waals surface area contributed by atoms with Crippen molar-refractivity contribution in [2.75, 3.05) is 6.54 Å². The van der Waals surface area contributed by atoms with Gasteiger partial charge in [-0.3, -0.25) is 24.0 Å². The molecule has 1 amide bonds. The van der Waals surface area contributed by atoms with Gasteiger partial charge >= 0.3 is 0 Å². The number of rotatable bonds is 7.